The van der Waals surface area contributed by atoms with Crippen molar-refractivity contribution in [2.24, 2.45) is 5.73 Å². The fourth-order valence-electron chi connectivity index (χ4n) is 2.72. The summed E-state index contributed by atoms with van der Waals surface area (Å²) in [5.74, 6) is 1.76. The maximum absolute atomic E-state index is 6.51. The van der Waals surface area contributed by atoms with Crippen molar-refractivity contribution >= 4 is 15.9 Å². The third kappa shape index (κ3) is 2.78. The molecule has 110 valence electrons. The first-order valence-electron chi connectivity index (χ1n) is 7.13. The average molecular weight is 348 g/mol. The summed E-state index contributed by atoms with van der Waals surface area (Å²) < 4.78 is 12.5. The molecule has 21 heavy (non-hydrogen) atoms. The van der Waals surface area contributed by atoms with Gasteiger partial charge in [-0.05, 0) is 30.7 Å². The molecule has 0 aromatic heterocycles. The van der Waals surface area contributed by atoms with E-state index in [9.17, 15) is 0 Å². The fraction of sp³-hybridized carbons (Fsp3) is 0.294. The molecule has 0 spiro atoms. The summed E-state index contributed by atoms with van der Waals surface area (Å²) in [6.45, 7) is 3.32. The molecule has 0 saturated carbocycles. The Hall–Kier alpha value is -1.52. The van der Waals surface area contributed by atoms with E-state index >= 15 is 0 Å². The number of para-hydroxylation sites is 1. The number of hydrogen-bond acceptors (Lipinski definition) is 3. The van der Waals surface area contributed by atoms with Crippen molar-refractivity contribution in [3.63, 3.8) is 0 Å². The monoisotopic (exact) mass is 347 g/mol. The van der Waals surface area contributed by atoms with Crippen LogP contribution in [-0.4, -0.2) is 13.2 Å². The SMILES string of the molecule is CCOc1ccccc1C(N)c1cc(Br)cc2c1OCC2. The van der Waals surface area contributed by atoms with Gasteiger partial charge in [0.05, 0.1) is 19.3 Å². The van der Waals surface area contributed by atoms with Crippen LogP contribution in [0.1, 0.15) is 29.7 Å². The molecule has 1 atom stereocenters. The van der Waals surface area contributed by atoms with E-state index < -0.39 is 0 Å². The quantitative estimate of drug-likeness (QED) is 0.913. The number of ether oxygens (including phenoxy) is 2. The summed E-state index contributed by atoms with van der Waals surface area (Å²) in [7, 11) is 0. The van der Waals surface area contributed by atoms with E-state index in [-0.39, 0.29) is 6.04 Å². The van der Waals surface area contributed by atoms with Crippen molar-refractivity contribution in [2.45, 2.75) is 19.4 Å². The van der Waals surface area contributed by atoms with E-state index in [0.717, 1.165) is 40.1 Å². The van der Waals surface area contributed by atoms with Crippen LogP contribution >= 0.6 is 15.9 Å². The lowest BCUT2D eigenvalue weighted by molar-refractivity contribution is 0.334. The first kappa shape index (κ1) is 14.4. The van der Waals surface area contributed by atoms with Crippen molar-refractivity contribution in [1.82, 2.24) is 0 Å². The van der Waals surface area contributed by atoms with Gasteiger partial charge in [-0.1, -0.05) is 34.1 Å². The van der Waals surface area contributed by atoms with Crippen LogP contribution in [0, 0.1) is 0 Å². The van der Waals surface area contributed by atoms with Crippen molar-refractivity contribution < 1.29 is 9.47 Å². The Labute approximate surface area is 133 Å². The summed E-state index contributed by atoms with van der Waals surface area (Å²) in [4.78, 5) is 0. The number of hydrogen-bond donors (Lipinski definition) is 1. The Balaban J connectivity index is 2.05. The number of halogens is 1. The highest BCUT2D eigenvalue weighted by Gasteiger charge is 2.23. The van der Waals surface area contributed by atoms with Gasteiger partial charge in [-0.15, -0.1) is 0 Å². The van der Waals surface area contributed by atoms with Crippen molar-refractivity contribution in [3.05, 3.63) is 57.6 Å². The predicted molar refractivity (Wildman–Crippen MR) is 87.0 cm³/mol. The van der Waals surface area contributed by atoms with Gasteiger partial charge < -0.3 is 15.2 Å². The third-order valence-electron chi connectivity index (χ3n) is 3.67. The minimum Gasteiger partial charge on any atom is -0.494 e. The molecule has 3 nitrogen and oxygen atoms in total. The second-order valence-electron chi connectivity index (χ2n) is 5.03. The lowest BCUT2D eigenvalue weighted by Crippen LogP contribution is -2.14. The van der Waals surface area contributed by atoms with E-state index in [1.165, 1.54) is 5.56 Å². The molecule has 0 amide bonds. The maximum Gasteiger partial charge on any atom is 0.127 e. The Bertz CT molecular complexity index is 657. The van der Waals surface area contributed by atoms with E-state index in [1.54, 1.807) is 0 Å². The zero-order valence-corrected chi connectivity index (χ0v) is 13.5. The summed E-state index contributed by atoms with van der Waals surface area (Å²) in [5, 5.41) is 0. The summed E-state index contributed by atoms with van der Waals surface area (Å²) in [5.41, 5.74) is 9.71. The summed E-state index contributed by atoms with van der Waals surface area (Å²) in [6.07, 6.45) is 0.932. The highest BCUT2D eigenvalue weighted by Crippen LogP contribution is 2.39. The molecule has 3 rings (SSSR count). The predicted octanol–water partition coefficient (Wildman–Crippen LogP) is 3.83. The molecule has 4 heteroatoms. The standard InChI is InChI=1S/C17H18BrNO2/c1-2-20-15-6-4-3-5-13(15)16(19)14-10-12(18)9-11-7-8-21-17(11)14/h3-6,9-10,16H,2,7-8,19H2,1H3. The molecule has 0 aliphatic carbocycles. The highest BCUT2D eigenvalue weighted by molar-refractivity contribution is 9.10. The topological polar surface area (TPSA) is 44.5 Å². The average Bonchev–Trinajstić information content (AvgIpc) is 2.94. The van der Waals surface area contributed by atoms with Crippen LogP contribution in [0.5, 0.6) is 11.5 Å². The zero-order chi connectivity index (χ0) is 14.8. The molecule has 0 saturated heterocycles. The van der Waals surface area contributed by atoms with Gasteiger partial charge in [-0.2, -0.15) is 0 Å². The van der Waals surface area contributed by atoms with Crippen LogP contribution in [0.2, 0.25) is 0 Å². The first-order chi connectivity index (χ1) is 10.2. The first-order valence-corrected chi connectivity index (χ1v) is 7.92. The minimum atomic E-state index is -0.267. The molecule has 0 radical (unpaired) electrons. The maximum atomic E-state index is 6.51. The van der Waals surface area contributed by atoms with Gasteiger partial charge in [0, 0.05) is 22.0 Å². The lowest BCUT2D eigenvalue weighted by Gasteiger charge is -2.19. The van der Waals surface area contributed by atoms with Crippen LogP contribution in [0.4, 0.5) is 0 Å². The van der Waals surface area contributed by atoms with Gasteiger partial charge in [0.15, 0.2) is 0 Å². The fourth-order valence-corrected chi connectivity index (χ4v) is 3.24. The highest BCUT2D eigenvalue weighted by atomic mass is 79.9. The molecular formula is C17H18BrNO2. The molecule has 2 N–H and O–H groups in total. The van der Waals surface area contributed by atoms with Gasteiger partial charge in [-0.3, -0.25) is 0 Å². The minimum absolute atomic E-state index is 0.267. The van der Waals surface area contributed by atoms with Gasteiger partial charge in [-0.25, -0.2) is 0 Å². The van der Waals surface area contributed by atoms with E-state index in [4.69, 9.17) is 15.2 Å². The zero-order valence-electron chi connectivity index (χ0n) is 11.9. The van der Waals surface area contributed by atoms with Crippen LogP contribution in [0.15, 0.2) is 40.9 Å². The van der Waals surface area contributed by atoms with Gasteiger partial charge in [0.25, 0.3) is 0 Å². The molecule has 1 heterocycles. The summed E-state index contributed by atoms with van der Waals surface area (Å²) >= 11 is 3.56. The molecule has 1 unspecified atom stereocenters. The lowest BCUT2D eigenvalue weighted by atomic mass is 9.96. The van der Waals surface area contributed by atoms with Gasteiger partial charge in [0.2, 0.25) is 0 Å². The van der Waals surface area contributed by atoms with Crippen molar-refractivity contribution in [2.75, 3.05) is 13.2 Å². The summed E-state index contributed by atoms with van der Waals surface area (Å²) in [6, 6.07) is 11.8. The Morgan fingerprint density at radius 1 is 1.29 bits per heavy atom. The molecule has 0 fully saturated rings. The Morgan fingerprint density at radius 3 is 2.90 bits per heavy atom. The largest absolute Gasteiger partial charge is 0.494 e. The molecule has 0 bridgehead atoms. The van der Waals surface area contributed by atoms with Crippen LogP contribution in [0.3, 0.4) is 0 Å². The van der Waals surface area contributed by atoms with Crippen molar-refractivity contribution in [3.8, 4) is 11.5 Å². The van der Waals surface area contributed by atoms with Crippen LogP contribution < -0.4 is 15.2 Å². The number of fused-ring (bicyclic) bond motifs is 1. The van der Waals surface area contributed by atoms with E-state index in [2.05, 4.69) is 22.0 Å². The third-order valence-corrected chi connectivity index (χ3v) is 4.12. The van der Waals surface area contributed by atoms with Crippen molar-refractivity contribution in [1.29, 1.82) is 0 Å². The van der Waals surface area contributed by atoms with E-state index in [0.29, 0.717) is 6.61 Å². The second-order valence-corrected chi connectivity index (χ2v) is 5.95. The molecule has 1 aliphatic rings. The van der Waals surface area contributed by atoms with Crippen LogP contribution in [-0.2, 0) is 6.42 Å². The normalized spacial score (nSPS) is 14.4. The smallest absolute Gasteiger partial charge is 0.127 e. The Morgan fingerprint density at radius 2 is 2.10 bits per heavy atom. The number of benzene rings is 2. The second kappa shape index (κ2) is 6.08. The van der Waals surface area contributed by atoms with E-state index in [1.807, 2.05) is 37.3 Å². The Kier molecular flexibility index (Phi) is 4.17. The van der Waals surface area contributed by atoms with Gasteiger partial charge in [0.1, 0.15) is 11.5 Å². The number of nitrogens with two attached hydrogens (primary N) is 1. The van der Waals surface area contributed by atoms with Crippen LogP contribution in [0.25, 0.3) is 0 Å². The van der Waals surface area contributed by atoms with Gasteiger partial charge >= 0.3 is 0 Å². The molecule has 1 aliphatic heterocycles. The molecule has 2 aromatic carbocycles. The molecular weight excluding hydrogens is 330 g/mol. The molecule has 2 aromatic rings. The number of rotatable bonds is 4.